The van der Waals surface area contributed by atoms with Gasteiger partial charge >= 0.3 is 19.5 Å². The van der Waals surface area contributed by atoms with Crippen molar-refractivity contribution in [3.05, 3.63) is 129 Å². The topological polar surface area (TPSA) is 125 Å². The summed E-state index contributed by atoms with van der Waals surface area (Å²) in [7, 11) is 4.84. The Balaban J connectivity index is 0.000000526. The summed E-state index contributed by atoms with van der Waals surface area (Å²) in [4.78, 5) is 6.17. The maximum absolute atomic E-state index is 6.75. The molecular formula is C32H36N6O3Ru. The third-order valence-corrected chi connectivity index (χ3v) is 5.72. The quantitative estimate of drug-likeness (QED) is 0.0532. The summed E-state index contributed by atoms with van der Waals surface area (Å²) in [5.74, 6) is 3.01. The standard InChI is InChI=1S/C22H22N3O3.C10H14.N3.Ru/c1-26-19-13-7-4-10-16(19)23-22(24-17-11-5-8-14-20(17)27-2)25-18-12-6-9-15-21(18)28-3;1-8(2)10-6-4-9(3)5-7-10;1-3-2;/h4-15H,1-3H3,(H-,23,24,25);4-8H,1-3H3;;/q-1;;-1;+2. The van der Waals surface area contributed by atoms with Crippen LogP contribution < -0.4 is 19.5 Å². The van der Waals surface area contributed by atoms with Gasteiger partial charge in [-0.3, -0.25) is 4.91 Å². The summed E-state index contributed by atoms with van der Waals surface area (Å²) in [6.45, 7) is 6.54. The molecule has 0 atom stereocenters. The average molecular weight is 654 g/mol. The zero-order valence-corrected chi connectivity index (χ0v) is 26.4. The van der Waals surface area contributed by atoms with Gasteiger partial charge < -0.3 is 40.9 Å². The number of nitrogens with one attached hydrogen (secondary N) is 1. The first-order chi connectivity index (χ1) is 19.9. The number of ether oxygens (including phenoxy) is 3. The predicted molar refractivity (Wildman–Crippen MR) is 168 cm³/mol. The van der Waals surface area contributed by atoms with Crippen molar-refractivity contribution >= 4 is 23.0 Å². The number of benzene rings is 4. The molecule has 0 aromatic heterocycles. The smallest absolute Gasteiger partial charge is 0.496 e. The van der Waals surface area contributed by atoms with Gasteiger partial charge in [0, 0.05) is 23.0 Å². The van der Waals surface area contributed by atoms with Crippen molar-refractivity contribution in [1.82, 2.24) is 0 Å². The van der Waals surface area contributed by atoms with E-state index in [-0.39, 0.29) is 19.5 Å². The Morgan fingerprint density at radius 3 is 1.81 bits per heavy atom. The number of aliphatic imine (C=N–C) groups is 1. The van der Waals surface area contributed by atoms with Crippen molar-refractivity contribution in [1.29, 1.82) is 0 Å². The summed E-state index contributed by atoms with van der Waals surface area (Å²) in [6.07, 6.45) is 0. The molecule has 0 heterocycles. The van der Waals surface area contributed by atoms with Gasteiger partial charge in [-0.2, -0.15) is 0 Å². The van der Waals surface area contributed by atoms with Gasteiger partial charge in [0.1, 0.15) is 17.2 Å². The van der Waals surface area contributed by atoms with E-state index >= 15 is 0 Å². The fourth-order valence-corrected chi connectivity index (χ4v) is 3.57. The van der Waals surface area contributed by atoms with Crippen LogP contribution in [0.2, 0.25) is 0 Å². The first-order valence-corrected chi connectivity index (χ1v) is 12.9. The Bertz CT molecular complexity index is 1370. The Morgan fingerprint density at radius 1 is 0.738 bits per heavy atom. The van der Waals surface area contributed by atoms with Crippen molar-refractivity contribution < 1.29 is 33.7 Å². The van der Waals surface area contributed by atoms with Crippen molar-refractivity contribution in [2.45, 2.75) is 26.7 Å². The normalized spacial score (nSPS) is 9.93. The van der Waals surface area contributed by atoms with E-state index in [9.17, 15) is 0 Å². The van der Waals surface area contributed by atoms with E-state index < -0.39 is 0 Å². The molecule has 0 amide bonds. The molecule has 10 heteroatoms. The van der Waals surface area contributed by atoms with Crippen LogP contribution in [-0.2, 0) is 19.5 Å². The van der Waals surface area contributed by atoms with Crippen molar-refractivity contribution in [3.63, 3.8) is 0 Å². The van der Waals surface area contributed by atoms with Crippen LogP contribution in [0.4, 0.5) is 17.1 Å². The van der Waals surface area contributed by atoms with E-state index in [4.69, 9.17) is 25.3 Å². The van der Waals surface area contributed by atoms with Crippen molar-refractivity contribution in [2.24, 2.45) is 4.99 Å². The average Bonchev–Trinajstić information content (AvgIpc) is 2.99. The van der Waals surface area contributed by atoms with Crippen LogP contribution in [0.3, 0.4) is 0 Å². The number of para-hydroxylation sites is 6. The molecule has 0 aliphatic carbocycles. The van der Waals surface area contributed by atoms with Gasteiger partial charge in [-0.25, -0.2) is 0 Å². The summed E-state index contributed by atoms with van der Waals surface area (Å²) in [6, 6.07) is 31.3. The number of aryl methyl sites for hydroxylation is 1. The van der Waals surface area contributed by atoms with Crippen LogP contribution >= 0.6 is 0 Å². The number of guanidine groups is 1. The molecule has 4 aromatic rings. The monoisotopic (exact) mass is 654 g/mol. The number of hydrogen-bond acceptors (Lipinski definition) is 4. The van der Waals surface area contributed by atoms with Gasteiger partial charge in [-0.1, -0.05) is 80.1 Å². The second-order valence-corrected chi connectivity index (χ2v) is 8.87. The van der Waals surface area contributed by atoms with E-state index in [1.165, 1.54) is 16.0 Å². The molecule has 4 aromatic carbocycles. The molecule has 0 aliphatic rings. The molecule has 0 spiro atoms. The van der Waals surface area contributed by atoms with Crippen molar-refractivity contribution in [2.75, 3.05) is 26.6 Å². The first-order valence-electron chi connectivity index (χ1n) is 12.9. The largest absolute Gasteiger partial charge is 2.00 e. The summed E-state index contributed by atoms with van der Waals surface area (Å²) in [5, 5.41) is 7.92. The zero-order valence-electron chi connectivity index (χ0n) is 24.6. The van der Waals surface area contributed by atoms with Crippen LogP contribution in [0.15, 0.2) is 102 Å². The molecule has 1 N–H and O–H groups in total. The zero-order chi connectivity index (χ0) is 30.0. The Hall–Kier alpha value is -4.52. The fourth-order valence-electron chi connectivity index (χ4n) is 3.57. The Morgan fingerprint density at radius 2 is 1.24 bits per heavy atom. The maximum Gasteiger partial charge on any atom is 2.00 e. The van der Waals surface area contributed by atoms with Gasteiger partial charge in [-0.05, 0) is 54.8 Å². The van der Waals surface area contributed by atoms with Crippen LogP contribution in [0.1, 0.15) is 30.9 Å². The minimum atomic E-state index is 0. The van der Waals surface area contributed by atoms with Crippen LogP contribution in [0.5, 0.6) is 17.2 Å². The Kier molecular flexibility index (Phi) is 16.5. The van der Waals surface area contributed by atoms with Crippen LogP contribution in [-0.4, -0.2) is 27.3 Å². The number of rotatable bonds is 7. The molecule has 0 saturated carbocycles. The second kappa shape index (κ2) is 19.5. The van der Waals surface area contributed by atoms with Gasteiger partial charge in [0.2, 0.25) is 0 Å². The molecule has 0 bridgehead atoms. The summed E-state index contributed by atoms with van der Waals surface area (Å²) < 4.78 is 16.2. The molecule has 220 valence electrons. The van der Waals surface area contributed by atoms with E-state index in [1.54, 1.807) is 21.3 Å². The number of hydrogen-bond donors (Lipinski definition) is 1. The van der Waals surface area contributed by atoms with Gasteiger partial charge in [0.15, 0.2) is 0 Å². The molecule has 9 nitrogen and oxygen atoms in total. The number of anilines is 1. The molecule has 0 fully saturated rings. The minimum Gasteiger partial charge on any atom is -0.496 e. The molecular weight excluding hydrogens is 617 g/mol. The van der Waals surface area contributed by atoms with Gasteiger partial charge in [-0.15, -0.1) is 0 Å². The molecule has 0 saturated heterocycles. The van der Waals surface area contributed by atoms with Crippen LogP contribution in [0, 0.1) is 6.92 Å². The predicted octanol–water partition coefficient (Wildman–Crippen LogP) is 9.50. The second-order valence-electron chi connectivity index (χ2n) is 8.87. The number of methoxy groups -OCH3 is 3. The summed E-state index contributed by atoms with van der Waals surface area (Å²) in [5.41, 5.74) is 18.3. The minimum absolute atomic E-state index is 0. The van der Waals surface area contributed by atoms with E-state index in [2.05, 4.69) is 60.7 Å². The number of nitrogens with zero attached hydrogens (tertiary/aromatic N) is 5. The Labute approximate surface area is 261 Å². The first kappa shape index (κ1) is 35.5. The molecule has 4 rings (SSSR count). The molecule has 0 aliphatic heterocycles. The van der Waals surface area contributed by atoms with E-state index in [0.29, 0.717) is 40.5 Å². The van der Waals surface area contributed by atoms with E-state index in [0.717, 1.165) is 5.69 Å². The molecule has 0 radical (unpaired) electrons. The van der Waals surface area contributed by atoms with Crippen molar-refractivity contribution in [3.8, 4) is 17.2 Å². The summed E-state index contributed by atoms with van der Waals surface area (Å²) >= 11 is 0. The molecule has 0 unspecified atom stereocenters. The maximum atomic E-state index is 6.75. The van der Waals surface area contributed by atoms with Gasteiger partial charge in [0.25, 0.3) is 0 Å². The third-order valence-electron chi connectivity index (χ3n) is 5.72. The fraction of sp³-hybridized carbons (Fsp3) is 0.219. The van der Waals surface area contributed by atoms with Gasteiger partial charge in [0.05, 0.1) is 21.3 Å². The van der Waals surface area contributed by atoms with E-state index in [1.807, 2.05) is 72.8 Å². The third kappa shape index (κ3) is 11.5. The molecule has 42 heavy (non-hydrogen) atoms. The SMILES string of the molecule is COc1ccccc1N=C([N-]c1ccccc1OC)Nc1ccccc1OC.Cc1ccc(C(C)C)cc1.[N-]=[N+]=[N-].[Ru+2]. The van der Waals surface area contributed by atoms with Crippen LogP contribution in [0.25, 0.3) is 21.3 Å².